The van der Waals surface area contributed by atoms with Crippen molar-refractivity contribution in [3.8, 4) is 0 Å². The van der Waals surface area contributed by atoms with Crippen LogP contribution in [0.1, 0.15) is 367 Å². The molecule has 0 aromatic heterocycles. The molecule has 420 valence electrons. The Labute approximate surface area is 446 Å². The smallest absolute Gasteiger partial charge is 0.220 e. The van der Waals surface area contributed by atoms with Crippen molar-refractivity contribution in [1.82, 2.24) is 5.32 Å². The van der Waals surface area contributed by atoms with Gasteiger partial charge in [-0.05, 0) is 44.9 Å². The molecule has 0 aliphatic rings. The monoisotopic (exact) mass is 996 g/mol. The third kappa shape index (κ3) is 59.4. The second-order valence-electron chi connectivity index (χ2n) is 22.5. The van der Waals surface area contributed by atoms with Gasteiger partial charge in [-0.25, -0.2) is 0 Å². The number of allylic oxidation sites excluding steroid dienone is 5. The number of rotatable bonds is 61. The zero-order chi connectivity index (χ0) is 51.3. The van der Waals surface area contributed by atoms with Crippen molar-refractivity contribution in [2.45, 2.75) is 379 Å². The van der Waals surface area contributed by atoms with Gasteiger partial charge in [-0.1, -0.05) is 352 Å². The predicted octanol–water partition coefficient (Wildman–Crippen LogP) is 22.0. The van der Waals surface area contributed by atoms with Crippen LogP contribution in [0.2, 0.25) is 0 Å². The Bertz CT molecular complexity index is 1080. The van der Waals surface area contributed by atoms with Crippen molar-refractivity contribution in [3.63, 3.8) is 0 Å². The first-order valence-electron chi connectivity index (χ1n) is 32.7. The first-order chi connectivity index (χ1) is 35.2. The second-order valence-corrected chi connectivity index (χ2v) is 22.5. The highest BCUT2D eigenvalue weighted by Crippen LogP contribution is 2.19. The lowest BCUT2D eigenvalue weighted by molar-refractivity contribution is -0.123. The Morgan fingerprint density at radius 1 is 0.324 bits per heavy atom. The summed E-state index contributed by atoms with van der Waals surface area (Å²) in [5.74, 6) is -0.0706. The van der Waals surface area contributed by atoms with Crippen LogP contribution in [0.15, 0.2) is 36.5 Å². The van der Waals surface area contributed by atoms with Gasteiger partial charge in [0.25, 0.3) is 0 Å². The van der Waals surface area contributed by atoms with E-state index in [1.165, 1.54) is 308 Å². The number of carbonyl (C=O) groups is 1. The van der Waals surface area contributed by atoms with Crippen LogP contribution in [-0.4, -0.2) is 34.9 Å². The van der Waals surface area contributed by atoms with Crippen LogP contribution < -0.4 is 5.32 Å². The van der Waals surface area contributed by atoms with Gasteiger partial charge >= 0.3 is 0 Å². The number of unbranched alkanes of at least 4 members (excludes halogenated alkanes) is 50. The van der Waals surface area contributed by atoms with E-state index in [1.54, 1.807) is 6.08 Å². The molecule has 0 rings (SSSR count). The van der Waals surface area contributed by atoms with E-state index >= 15 is 0 Å². The lowest BCUT2D eigenvalue weighted by Gasteiger charge is -2.19. The maximum Gasteiger partial charge on any atom is 0.220 e. The van der Waals surface area contributed by atoms with Gasteiger partial charge in [-0.15, -0.1) is 0 Å². The van der Waals surface area contributed by atoms with E-state index in [0.717, 1.165) is 38.5 Å². The van der Waals surface area contributed by atoms with Gasteiger partial charge in [-0.3, -0.25) is 4.79 Å². The second kappa shape index (κ2) is 62.9. The molecule has 0 aromatic carbocycles. The molecule has 0 bridgehead atoms. The molecule has 0 fully saturated rings. The summed E-state index contributed by atoms with van der Waals surface area (Å²) < 4.78 is 0. The Morgan fingerprint density at radius 2 is 0.549 bits per heavy atom. The summed E-state index contributed by atoms with van der Waals surface area (Å²) in [5, 5.41) is 23.2. The van der Waals surface area contributed by atoms with Gasteiger partial charge in [0.05, 0.1) is 18.8 Å². The third-order valence-corrected chi connectivity index (χ3v) is 15.4. The number of aliphatic hydroxyl groups is 2. The van der Waals surface area contributed by atoms with Crippen molar-refractivity contribution >= 4 is 5.91 Å². The Balaban J connectivity index is 3.42. The van der Waals surface area contributed by atoms with E-state index < -0.39 is 12.1 Å². The normalized spacial score (nSPS) is 12.9. The molecule has 4 nitrogen and oxygen atoms in total. The summed E-state index contributed by atoms with van der Waals surface area (Å²) in [5.41, 5.74) is 0. The summed E-state index contributed by atoms with van der Waals surface area (Å²) in [6.07, 6.45) is 86.5. The van der Waals surface area contributed by atoms with Crippen molar-refractivity contribution in [1.29, 1.82) is 0 Å². The fraction of sp³-hybridized carbons (Fsp3) is 0.896. The molecule has 1 amide bonds. The molecule has 0 aliphatic carbocycles. The van der Waals surface area contributed by atoms with Crippen LogP contribution in [0.25, 0.3) is 0 Å². The molecule has 3 N–H and O–H groups in total. The molecule has 0 radical (unpaired) electrons. The first kappa shape index (κ1) is 69.6. The molecule has 0 aliphatic heterocycles. The molecular formula is C67H129NO3. The van der Waals surface area contributed by atoms with E-state index in [4.69, 9.17) is 0 Å². The summed E-state index contributed by atoms with van der Waals surface area (Å²) >= 11 is 0. The Morgan fingerprint density at radius 3 is 0.817 bits per heavy atom. The van der Waals surface area contributed by atoms with Crippen LogP contribution in [0.5, 0.6) is 0 Å². The standard InChI is InChI=1S/C67H129NO3/c1-3-5-7-9-11-13-15-17-19-21-23-25-26-27-28-29-30-31-32-33-34-35-36-37-38-39-40-41-43-45-47-49-51-53-55-57-59-61-63-67(71)68-65(64-69)66(70)62-60-58-56-54-52-50-48-46-44-42-24-22-20-18-16-14-12-10-8-6-4-2/h44,46,52,54,60,62,65-66,69-70H,3-43,45,47-51,53,55-59,61,63-64H2,1-2H3,(H,68,71)/b46-44+,54-52+,62-60+. The molecule has 0 spiro atoms. The van der Waals surface area contributed by atoms with E-state index in [2.05, 4.69) is 43.5 Å². The van der Waals surface area contributed by atoms with Gasteiger partial charge in [-0.2, -0.15) is 0 Å². The van der Waals surface area contributed by atoms with E-state index in [1.807, 2.05) is 6.08 Å². The third-order valence-electron chi connectivity index (χ3n) is 15.4. The molecule has 0 saturated heterocycles. The van der Waals surface area contributed by atoms with E-state index in [-0.39, 0.29) is 12.5 Å². The Kier molecular flexibility index (Phi) is 61.7. The molecule has 4 heteroatoms. The Hall–Kier alpha value is -1.39. The highest BCUT2D eigenvalue weighted by molar-refractivity contribution is 5.76. The zero-order valence-electron chi connectivity index (χ0n) is 48.5. The molecular weight excluding hydrogens is 867 g/mol. The van der Waals surface area contributed by atoms with Gasteiger partial charge in [0.1, 0.15) is 0 Å². The van der Waals surface area contributed by atoms with Crippen LogP contribution in [0, 0.1) is 0 Å². The number of hydrogen-bond acceptors (Lipinski definition) is 3. The number of hydrogen-bond donors (Lipinski definition) is 3. The first-order valence-corrected chi connectivity index (χ1v) is 32.7. The average molecular weight is 997 g/mol. The minimum Gasteiger partial charge on any atom is -0.394 e. The summed E-state index contributed by atoms with van der Waals surface area (Å²) in [6, 6.07) is -0.644. The van der Waals surface area contributed by atoms with E-state index in [0.29, 0.717) is 6.42 Å². The predicted molar refractivity (Wildman–Crippen MR) is 318 cm³/mol. The highest BCUT2D eigenvalue weighted by Gasteiger charge is 2.18. The SMILES string of the molecule is CCCCCCCCCCCCC/C=C/CC/C=C/CC/C=C/C(O)C(CO)NC(=O)CCCCCCCCCCCCCCCCCCCCCCCCCCCCCCCCCCCCCCCC. The lowest BCUT2D eigenvalue weighted by atomic mass is 10.0. The number of nitrogens with one attached hydrogen (secondary N) is 1. The quantitative estimate of drug-likeness (QED) is 0.0420. The van der Waals surface area contributed by atoms with Gasteiger partial charge in [0.15, 0.2) is 0 Å². The topological polar surface area (TPSA) is 69.6 Å². The lowest BCUT2D eigenvalue weighted by Crippen LogP contribution is -2.45. The van der Waals surface area contributed by atoms with Crippen molar-refractivity contribution in [2.24, 2.45) is 0 Å². The summed E-state index contributed by atoms with van der Waals surface area (Å²) in [6.45, 7) is 4.33. The average Bonchev–Trinajstić information content (AvgIpc) is 3.37. The fourth-order valence-corrected chi connectivity index (χ4v) is 10.4. The van der Waals surface area contributed by atoms with Crippen molar-refractivity contribution < 1.29 is 15.0 Å². The van der Waals surface area contributed by atoms with Crippen molar-refractivity contribution in [3.05, 3.63) is 36.5 Å². The minimum atomic E-state index is -0.869. The maximum absolute atomic E-state index is 12.5. The molecule has 0 saturated carbocycles. The van der Waals surface area contributed by atoms with Crippen LogP contribution in [-0.2, 0) is 4.79 Å². The summed E-state index contributed by atoms with van der Waals surface area (Å²) in [7, 11) is 0. The van der Waals surface area contributed by atoms with Crippen LogP contribution >= 0.6 is 0 Å². The van der Waals surface area contributed by atoms with Crippen molar-refractivity contribution in [2.75, 3.05) is 6.61 Å². The largest absolute Gasteiger partial charge is 0.394 e. The number of amides is 1. The van der Waals surface area contributed by atoms with Gasteiger partial charge in [0.2, 0.25) is 5.91 Å². The molecule has 0 heterocycles. The van der Waals surface area contributed by atoms with E-state index in [9.17, 15) is 15.0 Å². The minimum absolute atomic E-state index is 0.0706. The molecule has 0 aromatic rings. The summed E-state index contributed by atoms with van der Waals surface area (Å²) in [4.78, 5) is 12.5. The molecule has 2 atom stereocenters. The number of aliphatic hydroxyl groups excluding tert-OH is 2. The maximum atomic E-state index is 12.5. The molecule has 2 unspecified atom stereocenters. The zero-order valence-corrected chi connectivity index (χ0v) is 48.5. The van der Waals surface area contributed by atoms with Gasteiger partial charge < -0.3 is 15.5 Å². The van der Waals surface area contributed by atoms with Crippen LogP contribution in [0.3, 0.4) is 0 Å². The molecule has 71 heavy (non-hydrogen) atoms. The highest BCUT2D eigenvalue weighted by atomic mass is 16.3. The number of carbonyl (C=O) groups excluding carboxylic acids is 1. The van der Waals surface area contributed by atoms with Gasteiger partial charge in [0, 0.05) is 6.42 Å². The fourth-order valence-electron chi connectivity index (χ4n) is 10.4. The van der Waals surface area contributed by atoms with Crippen LogP contribution in [0.4, 0.5) is 0 Å².